The number of aryl methyl sites for hydroxylation is 1. The molecule has 0 spiro atoms. The van der Waals surface area contributed by atoms with E-state index in [1.54, 1.807) is 18.2 Å². The topological polar surface area (TPSA) is 75.3 Å². The first kappa shape index (κ1) is 16.5. The van der Waals surface area contributed by atoms with Crippen LogP contribution in [-0.4, -0.2) is 20.6 Å². The standard InChI is InChI=1S/C15H18N2O3S2/c1-10-8-9-21-14(10)15(18)16-11(2)12-6-4-5-7-13(12)17-22(3,19)20/h4-9,11,17H,1-3H3,(H,16,18)/t11-/m1/s1. The van der Waals surface area contributed by atoms with Crippen molar-refractivity contribution in [1.29, 1.82) is 0 Å². The summed E-state index contributed by atoms with van der Waals surface area (Å²) >= 11 is 1.39. The van der Waals surface area contributed by atoms with E-state index in [0.717, 1.165) is 17.4 Å². The number of para-hydroxylation sites is 1. The first-order chi connectivity index (χ1) is 10.3. The molecule has 1 heterocycles. The van der Waals surface area contributed by atoms with Gasteiger partial charge >= 0.3 is 0 Å². The maximum atomic E-state index is 12.3. The SMILES string of the molecule is Cc1ccsc1C(=O)N[C@H](C)c1ccccc1NS(C)(=O)=O. The van der Waals surface area contributed by atoms with Gasteiger partial charge in [0.05, 0.1) is 22.9 Å². The van der Waals surface area contributed by atoms with Crippen LogP contribution in [0.4, 0.5) is 5.69 Å². The second-order valence-electron chi connectivity index (χ2n) is 5.09. The highest BCUT2D eigenvalue weighted by Gasteiger charge is 2.17. The molecule has 1 aromatic carbocycles. The number of carbonyl (C=O) groups excluding carboxylic acids is 1. The number of amides is 1. The maximum Gasteiger partial charge on any atom is 0.262 e. The number of carbonyl (C=O) groups is 1. The van der Waals surface area contributed by atoms with Crippen molar-refractivity contribution in [1.82, 2.24) is 5.32 Å². The summed E-state index contributed by atoms with van der Waals surface area (Å²) in [7, 11) is -3.37. The largest absolute Gasteiger partial charge is 0.345 e. The Kier molecular flexibility index (Phi) is 4.87. The van der Waals surface area contributed by atoms with Gasteiger partial charge in [-0.1, -0.05) is 18.2 Å². The molecule has 0 saturated carbocycles. The molecule has 2 N–H and O–H groups in total. The number of hydrogen-bond acceptors (Lipinski definition) is 4. The second kappa shape index (κ2) is 6.50. The second-order valence-corrected chi connectivity index (χ2v) is 7.75. The van der Waals surface area contributed by atoms with E-state index in [2.05, 4.69) is 10.0 Å². The van der Waals surface area contributed by atoms with Crippen LogP contribution in [0.15, 0.2) is 35.7 Å². The highest BCUT2D eigenvalue weighted by Crippen LogP contribution is 2.24. The number of thiophene rings is 1. The summed E-state index contributed by atoms with van der Waals surface area (Å²) in [6.07, 6.45) is 1.10. The van der Waals surface area contributed by atoms with Crippen LogP contribution in [0.2, 0.25) is 0 Å². The Morgan fingerprint density at radius 2 is 1.91 bits per heavy atom. The molecule has 1 atom stereocenters. The molecule has 1 aromatic heterocycles. The van der Waals surface area contributed by atoms with E-state index in [1.807, 2.05) is 31.4 Å². The zero-order valence-corrected chi connectivity index (χ0v) is 14.2. The molecule has 0 radical (unpaired) electrons. The quantitative estimate of drug-likeness (QED) is 0.880. The number of nitrogens with one attached hydrogen (secondary N) is 2. The van der Waals surface area contributed by atoms with Crippen molar-refractivity contribution < 1.29 is 13.2 Å². The number of rotatable bonds is 5. The molecule has 7 heteroatoms. The fraction of sp³-hybridized carbons (Fsp3) is 0.267. The number of sulfonamides is 1. The van der Waals surface area contributed by atoms with E-state index in [-0.39, 0.29) is 11.9 Å². The molecule has 1 amide bonds. The van der Waals surface area contributed by atoms with E-state index < -0.39 is 10.0 Å². The highest BCUT2D eigenvalue weighted by molar-refractivity contribution is 7.92. The zero-order valence-electron chi connectivity index (χ0n) is 12.6. The molecule has 0 bridgehead atoms. The van der Waals surface area contributed by atoms with Gasteiger partial charge in [-0.25, -0.2) is 8.42 Å². The smallest absolute Gasteiger partial charge is 0.262 e. The summed E-state index contributed by atoms with van der Waals surface area (Å²) in [6.45, 7) is 3.71. The minimum absolute atomic E-state index is 0.158. The zero-order chi connectivity index (χ0) is 16.3. The van der Waals surface area contributed by atoms with Crippen molar-refractivity contribution in [2.24, 2.45) is 0 Å². The third-order valence-electron chi connectivity index (χ3n) is 3.14. The third kappa shape index (κ3) is 4.08. The molecule has 0 aliphatic heterocycles. The normalized spacial score (nSPS) is 12.7. The molecule has 22 heavy (non-hydrogen) atoms. The van der Waals surface area contributed by atoms with Gasteiger partial charge in [0.2, 0.25) is 10.0 Å². The van der Waals surface area contributed by atoms with Gasteiger partial charge in [-0.05, 0) is 42.5 Å². The van der Waals surface area contributed by atoms with Crippen LogP contribution in [0.3, 0.4) is 0 Å². The summed E-state index contributed by atoms with van der Waals surface area (Å²) in [5.41, 5.74) is 2.12. The average Bonchev–Trinajstić information content (AvgIpc) is 2.83. The molecule has 0 fully saturated rings. The summed E-state index contributed by atoms with van der Waals surface area (Å²) in [6, 6.07) is 8.59. The predicted molar refractivity (Wildman–Crippen MR) is 89.8 cm³/mol. The Hall–Kier alpha value is -1.86. The first-order valence-electron chi connectivity index (χ1n) is 6.69. The monoisotopic (exact) mass is 338 g/mol. The van der Waals surface area contributed by atoms with Crippen molar-refractivity contribution >= 4 is 33.0 Å². The van der Waals surface area contributed by atoms with Crippen molar-refractivity contribution in [3.63, 3.8) is 0 Å². The molecule has 0 aliphatic carbocycles. The van der Waals surface area contributed by atoms with Crippen LogP contribution in [0.1, 0.15) is 33.8 Å². The first-order valence-corrected chi connectivity index (χ1v) is 9.46. The minimum atomic E-state index is -3.37. The Balaban J connectivity index is 2.21. The Labute approximate surface area is 134 Å². The summed E-state index contributed by atoms with van der Waals surface area (Å²) in [5.74, 6) is -0.158. The van der Waals surface area contributed by atoms with Crippen LogP contribution in [0, 0.1) is 6.92 Å². The molecular weight excluding hydrogens is 320 g/mol. The van der Waals surface area contributed by atoms with E-state index in [4.69, 9.17) is 0 Å². The van der Waals surface area contributed by atoms with Gasteiger partial charge in [0.25, 0.3) is 5.91 Å². The van der Waals surface area contributed by atoms with Crippen molar-refractivity contribution in [3.05, 3.63) is 51.7 Å². The third-order valence-corrected chi connectivity index (χ3v) is 4.74. The van der Waals surface area contributed by atoms with E-state index in [1.165, 1.54) is 11.3 Å². The van der Waals surface area contributed by atoms with Crippen molar-refractivity contribution in [2.75, 3.05) is 11.0 Å². The Morgan fingerprint density at radius 3 is 2.50 bits per heavy atom. The lowest BCUT2D eigenvalue weighted by atomic mass is 10.1. The van der Waals surface area contributed by atoms with Gasteiger partial charge in [0, 0.05) is 0 Å². The van der Waals surface area contributed by atoms with E-state index >= 15 is 0 Å². The molecule has 2 aromatic rings. The molecule has 2 rings (SSSR count). The molecule has 0 saturated heterocycles. The Morgan fingerprint density at radius 1 is 1.23 bits per heavy atom. The lowest BCUT2D eigenvalue weighted by molar-refractivity contribution is 0.0943. The minimum Gasteiger partial charge on any atom is -0.345 e. The summed E-state index contributed by atoms with van der Waals surface area (Å²) in [5, 5.41) is 4.77. The lowest BCUT2D eigenvalue weighted by Gasteiger charge is -2.18. The molecule has 118 valence electrons. The van der Waals surface area contributed by atoms with E-state index in [0.29, 0.717) is 10.6 Å². The number of anilines is 1. The van der Waals surface area contributed by atoms with Gasteiger partial charge in [0.15, 0.2) is 0 Å². The van der Waals surface area contributed by atoms with Crippen LogP contribution < -0.4 is 10.0 Å². The van der Waals surface area contributed by atoms with Gasteiger partial charge in [-0.2, -0.15) is 0 Å². The van der Waals surface area contributed by atoms with Gasteiger partial charge in [-0.3, -0.25) is 9.52 Å². The molecule has 0 aliphatic rings. The fourth-order valence-electron chi connectivity index (χ4n) is 2.11. The number of hydrogen-bond donors (Lipinski definition) is 2. The Bertz CT molecular complexity index is 782. The maximum absolute atomic E-state index is 12.3. The summed E-state index contributed by atoms with van der Waals surface area (Å²) < 4.78 is 25.3. The van der Waals surface area contributed by atoms with Crippen molar-refractivity contribution in [3.8, 4) is 0 Å². The molecular formula is C15H18N2O3S2. The van der Waals surface area contributed by atoms with Gasteiger partial charge in [-0.15, -0.1) is 11.3 Å². The van der Waals surface area contributed by atoms with Crippen LogP contribution >= 0.6 is 11.3 Å². The van der Waals surface area contributed by atoms with Crippen LogP contribution in [0.25, 0.3) is 0 Å². The van der Waals surface area contributed by atoms with Crippen molar-refractivity contribution in [2.45, 2.75) is 19.9 Å². The number of benzene rings is 1. The van der Waals surface area contributed by atoms with E-state index in [9.17, 15) is 13.2 Å². The van der Waals surface area contributed by atoms with Crippen LogP contribution in [0.5, 0.6) is 0 Å². The van der Waals surface area contributed by atoms with Gasteiger partial charge in [0.1, 0.15) is 0 Å². The van der Waals surface area contributed by atoms with Gasteiger partial charge < -0.3 is 5.32 Å². The average molecular weight is 338 g/mol. The molecule has 5 nitrogen and oxygen atoms in total. The lowest BCUT2D eigenvalue weighted by Crippen LogP contribution is -2.27. The predicted octanol–water partition coefficient (Wildman–Crippen LogP) is 2.92. The summed E-state index contributed by atoms with van der Waals surface area (Å²) in [4.78, 5) is 12.9. The molecule has 0 unspecified atom stereocenters. The van der Waals surface area contributed by atoms with Crippen LogP contribution in [-0.2, 0) is 10.0 Å². The highest BCUT2D eigenvalue weighted by atomic mass is 32.2. The fourth-order valence-corrected chi connectivity index (χ4v) is 3.53.